The smallest absolute Gasteiger partial charge is 0.207 e. The van der Waals surface area contributed by atoms with E-state index in [9.17, 15) is 21.2 Å². The van der Waals surface area contributed by atoms with E-state index in [1.807, 2.05) is 26.8 Å². The minimum Gasteiger partial charge on any atom is -0.207 e. The molecule has 0 bridgehead atoms. The molecule has 8 heteroatoms. The van der Waals surface area contributed by atoms with Gasteiger partial charge in [0, 0.05) is 0 Å². The molecule has 0 unspecified atom stereocenters. The van der Waals surface area contributed by atoms with E-state index in [-0.39, 0.29) is 20.9 Å². The van der Waals surface area contributed by atoms with Crippen molar-refractivity contribution < 1.29 is 21.2 Å². The number of anilines is 1. The summed E-state index contributed by atoms with van der Waals surface area (Å²) in [5.74, 6) is -0.623. The van der Waals surface area contributed by atoms with Gasteiger partial charge in [0.2, 0.25) is 0 Å². The monoisotopic (exact) mass is 461 g/mol. The van der Waals surface area contributed by atoms with Crippen LogP contribution in [0.25, 0.3) is 0 Å². The third-order valence-electron chi connectivity index (χ3n) is 4.85. The lowest BCUT2D eigenvalue weighted by molar-refractivity contribution is 0.579. The Hall–Kier alpha value is -2.71. The molecule has 0 spiro atoms. The lowest BCUT2D eigenvalue weighted by Gasteiger charge is -2.26. The second-order valence-corrected chi connectivity index (χ2v) is 12.0. The van der Waals surface area contributed by atoms with Crippen LogP contribution in [0.5, 0.6) is 0 Å². The zero-order valence-electron chi connectivity index (χ0n) is 17.7. The summed E-state index contributed by atoms with van der Waals surface area (Å²) in [4.78, 5) is -0.430. The third-order valence-corrected chi connectivity index (χ3v) is 9.18. The van der Waals surface area contributed by atoms with Crippen molar-refractivity contribution in [1.82, 2.24) is 0 Å². The van der Waals surface area contributed by atoms with Crippen molar-refractivity contribution in [3.8, 4) is 0 Å². The Morgan fingerprint density at radius 2 is 1.35 bits per heavy atom. The first kappa shape index (κ1) is 23.0. The number of benzene rings is 3. The molecule has 164 valence electrons. The summed E-state index contributed by atoms with van der Waals surface area (Å²) in [6.45, 7) is 7.45. The number of hydrogen-bond donors (Lipinski definition) is 0. The molecule has 5 nitrogen and oxygen atoms in total. The van der Waals surface area contributed by atoms with Crippen molar-refractivity contribution in [2.75, 3.05) is 3.71 Å². The van der Waals surface area contributed by atoms with E-state index < -0.39 is 25.9 Å². The van der Waals surface area contributed by atoms with E-state index in [0.29, 0.717) is 9.27 Å². The maximum Gasteiger partial charge on any atom is 0.277 e. The normalized spacial score (nSPS) is 12.5. The topological polar surface area (TPSA) is 71.5 Å². The average molecular weight is 462 g/mol. The Morgan fingerprint density at radius 1 is 0.774 bits per heavy atom. The number of sulfonamides is 2. The van der Waals surface area contributed by atoms with Gasteiger partial charge in [-0.3, -0.25) is 0 Å². The predicted molar refractivity (Wildman–Crippen MR) is 120 cm³/mol. The summed E-state index contributed by atoms with van der Waals surface area (Å²) in [6.07, 6.45) is 0. The van der Waals surface area contributed by atoms with Gasteiger partial charge in [-0.05, 0) is 65.9 Å². The van der Waals surface area contributed by atoms with Gasteiger partial charge in [-0.15, -0.1) is 0 Å². The van der Waals surface area contributed by atoms with Gasteiger partial charge in [0.25, 0.3) is 20.0 Å². The van der Waals surface area contributed by atoms with Crippen LogP contribution in [0.1, 0.15) is 31.9 Å². The fourth-order valence-electron chi connectivity index (χ4n) is 3.09. The molecule has 0 aliphatic rings. The van der Waals surface area contributed by atoms with Gasteiger partial charge >= 0.3 is 0 Å². The summed E-state index contributed by atoms with van der Waals surface area (Å²) < 4.78 is 68.3. The number of aryl methyl sites for hydroxylation is 1. The van der Waals surface area contributed by atoms with Crippen molar-refractivity contribution in [2.24, 2.45) is 0 Å². The Balaban J connectivity index is 2.30. The second-order valence-electron chi connectivity index (χ2n) is 8.23. The van der Waals surface area contributed by atoms with E-state index in [4.69, 9.17) is 0 Å². The second kappa shape index (κ2) is 8.09. The Morgan fingerprint density at radius 3 is 1.90 bits per heavy atom. The molecule has 0 heterocycles. The molecule has 0 amide bonds. The maximum atomic E-state index is 13.8. The summed E-state index contributed by atoms with van der Waals surface area (Å²) in [7, 11) is -9.10. The quantitative estimate of drug-likeness (QED) is 0.535. The van der Waals surface area contributed by atoms with Crippen LogP contribution in [0.3, 0.4) is 0 Å². The van der Waals surface area contributed by atoms with Crippen molar-refractivity contribution in [3.05, 3.63) is 89.7 Å². The molecule has 0 N–H and O–H groups in total. The molecule has 31 heavy (non-hydrogen) atoms. The van der Waals surface area contributed by atoms with Crippen LogP contribution < -0.4 is 3.71 Å². The van der Waals surface area contributed by atoms with Gasteiger partial charge in [-0.1, -0.05) is 51.1 Å². The van der Waals surface area contributed by atoms with Crippen LogP contribution in [0.4, 0.5) is 10.1 Å². The summed E-state index contributed by atoms with van der Waals surface area (Å²) in [5.41, 5.74) is 0.797. The fraction of sp³-hybridized carbons (Fsp3) is 0.217. The van der Waals surface area contributed by atoms with E-state index in [1.54, 1.807) is 31.2 Å². The molecule has 0 fully saturated rings. The lowest BCUT2D eigenvalue weighted by Crippen LogP contribution is -2.37. The average Bonchev–Trinajstić information content (AvgIpc) is 2.68. The molecular formula is C23H24FNO4S2. The molecule has 3 aromatic rings. The van der Waals surface area contributed by atoms with Gasteiger partial charge in [0.05, 0.1) is 15.5 Å². The summed E-state index contributed by atoms with van der Waals surface area (Å²) >= 11 is 0. The molecule has 0 aliphatic carbocycles. The van der Waals surface area contributed by atoms with E-state index in [2.05, 4.69) is 0 Å². The zero-order valence-corrected chi connectivity index (χ0v) is 19.3. The number of halogens is 1. The summed E-state index contributed by atoms with van der Waals surface area (Å²) in [6, 6.07) is 16.6. The molecule has 0 aromatic heterocycles. The van der Waals surface area contributed by atoms with Crippen molar-refractivity contribution in [1.29, 1.82) is 0 Å². The summed E-state index contributed by atoms with van der Waals surface area (Å²) in [5, 5.41) is 0. The molecule has 0 saturated carbocycles. The van der Waals surface area contributed by atoms with Gasteiger partial charge in [-0.25, -0.2) is 12.8 Å². The van der Waals surface area contributed by atoms with E-state index in [1.165, 1.54) is 18.2 Å². The maximum absolute atomic E-state index is 13.8. The Labute approximate surface area is 183 Å². The van der Waals surface area contributed by atoms with Gasteiger partial charge in [0.15, 0.2) is 0 Å². The fourth-order valence-corrected chi connectivity index (χ4v) is 7.02. The number of para-hydroxylation sites is 1. The Bertz CT molecular complexity index is 1300. The molecule has 3 rings (SSSR count). The van der Waals surface area contributed by atoms with Gasteiger partial charge < -0.3 is 0 Å². The van der Waals surface area contributed by atoms with Crippen molar-refractivity contribution >= 4 is 25.7 Å². The SMILES string of the molecule is Cc1ccc(C(C)(C)C)cc1S(=O)(=O)N(c1ccccc1)S(=O)(=O)c1ccc(F)cc1. The third kappa shape index (κ3) is 4.50. The van der Waals surface area contributed by atoms with Crippen LogP contribution >= 0.6 is 0 Å². The molecule has 0 atom stereocenters. The minimum absolute atomic E-state index is 0.0348. The molecular weight excluding hydrogens is 437 g/mol. The zero-order chi connectivity index (χ0) is 23.0. The first-order chi connectivity index (χ1) is 14.3. The van der Waals surface area contributed by atoms with Crippen LogP contribution in [0, 0.1) is 12.7 Å². The first-order valence-corrected chi connectivity index (χ1v) is 12.5. The minimum atomic E-state index is -4.56. The number of nitrogens with zero attached hydrogens (tertiary/aromatic N) is 1. The van der Waals surface area contributed by atoms with Crippen LogP contribution in [-0.2, 0) is 25.5 Å². The molecule has 3 aromatic carbocycles. The highest BCUT2D eigenvalue weighted by molar-refractivity contribution is 8.10. The molecule has 0 radical (unpaired) electrons. The van der Waals surface area contributed by atoms with Gasteiger partial charge in [0.1, 0.15) is 5.82 Å². The Kier molecular flexibility index (Phi) is 5.99. The van der Waals surface area contributed by atoms with Gasteiger partial charge in [-0.2, -0.15) is 12.1 Å². The van der Waals surface area contributed by atoms with Crippen LogP contribution in [0.15, 0.2) is 82.6 Å². The standard InChI is InChI=1S/C23H24FNO4S2/c1-17-10-11-18(23(2,3)4)16-22(17)31(28,29)25(20-8-6-5-7-9-20)30(26,27)21-14-12-19(24)13-15-21/h5-16H,1-4H3. The first-order valence-electron chi connectivity index (χ1n) is 9.57. The lowest BCUT2D eigenvalue weighted by atomic mass is 9.87. The largest absolute Gasteiger partial charge is 0.277 e. The molecule has 0 aliphatic heterocycles. The highest BCUT2D eigenvalue weighted by atomic mass is 32.3. The van der Waals surface area contributed by atoms with E-state index in [0.717, 1.165) is 29.8 Å². The highest BCUT2D eigenvalue weighted by Gasteiger charge is 2.38. The van der Waals surface area contributed by atoms with Crippen molar-refractivity contribution in [3.63, 3.8) is 0 Å². The van der Waals surface area contributed by atoms with Crippen LogP contribution in [0.2, 0.25) is 0 Å². The number of rotatable bonds is 5. The number of hydrogen-bond acceptors (Lipinski definition) is 4. The van der Waals surface area contributed by atoms with Crippen molar-refractivity contribution in [2.45, 2.75) is 42.9 Å². The van der Waals surface area contributed by atoms with Crippen LogP contribution in [-0.4, -0.2) is 16.8 Å². The molecule has 0 saturated heterocycles. The van der Waals surface area contributed by atoms with E-state index >= 15 is 0 Å². The predicted octanol–water partition coefficient (Wildman–Crippen LogP) is 5.02. The highest BCUT2D eigenvalue weighted by Crippen LogP contribution is 2.34.